The second-order valence-corrected chi connectivity index (χ2v) is 8.04. The zero-order valence-electron chi connectivity index (χ0n) is 18.5. The maximum Gasteiger partial charge on any atom is 0.293 e. The summed E-state index contributed by atoms with van der Waals surface area (Å²) < 4.78 is 0. The number of nitrogens with one attached hydrogen (secondary N) is 2. The van der Waals surface area contributed by atoms with Gasteiger partial charge in [0.25, 0.3) is 11.6 Å². The number of carbonyl (C=O) groups is 1. The molecule has 2 N–H and O–H groups in total. The molecule has 0 aliphatic carbocycles. The molecule has 1 aliphatic rings. The third kappa shape index (κ3) is 5.73. The van der Waals surface area contributed by atoms with E-state index in [1.54, 1.807) is 12.1 Å². The van der Waals surface area contributed by atoms with Gasteiger partial charge in [0.05, 0.1) is 4.92 Å². The van der Waals surface area contributed by atoms with Gasteiger partial charge in [0.2, 0.25) is 0 Å². The highest BCUT2D eigenvalue weighted by atomic mass is 32.1. The molecule has 1 heterocycles. The lowest BCUT2D eigenvalue weighted by Gasteiger charge is -2.28. The first-order valence-corrected chi connectivity index (χ1v) is 11.3. The molecular formula is C23H29N5O3S. The second-order valence-electron chi connectivity index (χ2n) is 7.64. The Morgan fingerprint density at radius 2 is 1.75 bits per heavy atom. The van der Waals surface area contributed by atoms with Crippen molar-refractivity contribution in [1.29, 1.82) is 0 Å². The highest BCUT2D eigenvalue weighted by Gasteiger charge is 2.23. The molecule has 0 aromatic heterocycles. The second kappa shape index (κ2) is 10.9. The highest BCUT2D eigenvalue weighted by molar-refractivity contribution is 7.80. The minimum Gasteiger partial charge on any atom is -0.372 e. The van der Waals surface area contributed by atoms with Crippen LogP contribution < -0.4 is 20.4 Å². The van der Waals surface area contributed by atoms with E-state index in [9.17, 15) is 14.9 Å². The average Bonchev–Trinajstić information content (AvgIpc) is 2.81. The van der Waals surface area contributed by atoms with Gasteiger partial charge in [-0.05, 0) is 81.7 Å². The molecular weight excluding hydrogens is 426 g/mol. The van der Waals surface area contributed by atoms with Gasteiger partial charge in [-0.15, -0.1) is 0 Å². The molecule has 1 saturated heterocycles. The molecule has 2 aromatic rings. The Morgan fingerprint density at radius 3 is 2.34 bits per heavy atom. The van der Waals surface area contributed by atoms with Crippen LogP contribution in [0.4, 0.5) is 22.7 Å². The van der Waals surface area contributed by atoms with E-state index in [2.05, 4.69) is 29.4 Å². The first-order chi connectivity index (χ1) is 15.4. The summed E-state index contributed by atoms with van der Waals surface area (Å²) >= 11 is 5.26. The van der Waals surface area contributed by atoms with Crippen molar-refractivity contribution >= 4 is 46.0 Å². The number of benzene rings is 2. The number of hydrogen-bond donors (Lipinski definition) is 2. The van der Waals surface area contributed by atoms with Crippen molar-refractivity contribution in [2.24, 2.45) is 0 Å². The molecule has 0 unspecified atom stereocenters. The minimum atomic E-state index is -0.490. The van der Waals surface area contributed by atoms with Crippen LogP contribution in [-0.4, -0.2) is 42.1 Å². The molecule has 0 atom stereocenters. The van der Waals surface area contributed by atoms with Gasteiger partial charge in [-0.1, -0.05) is 0 Å². The van der Waals surface area contributed by atoms with Gasteiger partial charge >= 0.3 is 0 Å². The number of hydrogen-bond acceptors (Lipinski definition) is 6. The van der Waals surface area contributed by atoms with Crippen molar-refractivity contribution < 1.29 is 9.72 Å². The van der Waals surface area contributed by atoms with E-state index in [0.717, 1.165) is 56.8 Å². The van der Waals surface area contributed by atoms with E-state index in [1.807, 2.05) is 29.2 Å². The molecule has 1 amide bonds. The third-order valence-electron chi connectivity index (χ3n) is 5.61. The van der Waals surface area contributed by atoms with Crippen molar-refractivity contribution in [3.63, 3.8) is 0 Å². The van der Waals surface area contributed by atoms with Crippen LogP contribution in [0.5, 0.6) is 0 Å². The molecule has 8 nitrogen and oxygen atoms in total. The lowest BCUT2D eigenvalue weighted by atomic mass is 10.1. The van der Waals surface area contributed by atoms with Crippen LogP contribution in [-0.2, 0) is 0 Å². The first kappa shape index (κ1) is 23.5. The molecule has 0 saturated carbocycles. The van der Waals surface area contributed by atoms with Crippen LogP contribution in [0, 0.1) is 10.1 Å². The molecule has 3 rings (SSSR count). The maximum atomic E-state index is 12.6. The number of anilines is 3. The fraction of sp³-hybridized carbons (Fsp3) is 0.391. The van der Waals surface area contributed by atoms with Crippen LogP contribution in [0.15, 0.2) is 42.5 Å². The summed E-state index contributed by atoms with van der Waals surface area (Å²) in [6, 6.07) is 12.3. The van der Waals surface area contributed by atoms with Gasteiger partial charge in [-0.2, -0.15) is 0 Å². The van der Waals surface area contributed by atoms with E-state index < -0.39 is 10.8 Å². The van der Waals surface area contributed by atoms with E-state index in [-0.39, 0.29) is 16.4 Å². The number of carbonyl (C=O) groups excluding carboxylic acids is 1. The zero-order valence-corrected chi connectivity index (χ0v) is 19.3. The minimum absolute atomic E-state index is 0.0644. The summed E-state index contributed by atoms with van der Waals surface area (Å²) in [5, 5.41) is 17.3. The highest BCUT2D eigenvalue weighted by Crippen LogP contribution is 2.31. The van der Waals surface area contributed by atoms with E-state index >= 15 is 0 Å². The van der Waals surface area contributed by atoms with Crippen LogP contribution in [0.1, 0.15) is 43.5 Å². The SMILES string of the molecule is CCN(CC)c1ccc(NC(=S)NC(=O)c2ccc(N3CCCCC3)c([N+](=O)[O-])c2)cc1. The van der Waals surface area contributed by atoms with Crippen LogP contribution in [0.2, 0.25) is 0 Å². The van der Waals surface area contributed by atoms with Gasteiger partial charge in [-0.25, -0.2) is 0 Å². The fourth-order valence-corrected chi connectivity index (χ4v) is 4.11. The molecule has 170 valence electrons. The lowest BCUT2D eigenvalue weighted by Crippen LogP contribution is -2.34. The fourth-order valence-electron chi connectivity index (χ4n) is 3.90. The quantitative estimate of drug-likeness (QED) is 0.359. The topological polar surface area (TPSA) is 90.8 Å². The molecule has 1 aliphatic heterocycles. The summed E-state index contributed by atoms with van der Waals surface area (Å²) in [6.45, 7) is 7.61. The van der Waals surface area contributed by atoms with Crippen molar-refractivity contribution in [3.8, 4) is 0 Å². The van der Waals surface area contributed by atoms with Gasteiger partial charge < -0.3 is 15.1 Å². The number of rotatable bonds is 7. The summed E-state index contributed by atoms with van der Waals surface area (Å²) in [4.78, 5) is 28.1. The lowest BCUT2D eigenvalue weighted by molar-refractivity contribution is -0.384. The number of nitro groups is 1. The van der Waals surface area contributed by atoms with E-state index in [0.29, 0.717) is 5.69 Å². The Bertz CT molecular complexity index is 970. The summed E-state index contributed by atoms with van der Waals surface area (Å²) in [6.07, 6.45) is 3.15. The predicted octanol–water partition coefficient (Wildman–Crippen LogP) is 4.56. The van der Waals surface area contributed by atoms with Crippen LogP contribution in [0.25, 0.3) is 0 Å². The van der Waals surface area contributed by atoms with Gasteiger partial charge in [0.15, 0.2) is 5.11 Å². The van der Waals surface area contributed by atoms with Gasteiger partial charge in [0.1, 0.15) is 5.69 Å². The predicted molar refractivity (Wildman–Crippen MR) is 133 cm³/mol. The zero-order chi connectivity index (χ0) is 23.1. The van der Waals surface area contributed by atoms with Gasteiger partial charge in [0, 0.05) is 49.2 Å². The average molecular weight is 456 g/mol. The van der Waals surface area contributed by atoms with Gasteiger partial charge in [-0.3, -0.25) is 20.2 Å². The number of nitro benzene ring substituents is 1. The number of thiocarbonyl (C=S) groups is 1. The smallest absolute Gasteiger partial charge is 0.293 e. The summed E-state index contributed by atoms with van der Waals surface area (Å²) in [5.74, 6) is -0.490. The summed E-state index contributed by atoms with van der Waals surface area (Å²) in [7, 11) is 0. The third-order valence-corrected chi connectivity index (χ3v) is 5.82. The maximum absolute atomic E-state index is 12.6. The van der Waals surface area contributed by atoms with Crippen molar-refractivity contribution in [2.45, 2.75) is 33.1 Å². The largest absolute Gasteiger partial charge is 0.372 e. The monoisotopic (exact) mass is 455 g/mol. The first-order valence-electron chi connectivity index (χ1n) is 10.9. The van der Waals surface area contributed by atoms with E-state index in [4.69, 9.17) is 12.2 Å². The normalized spacial score (nSPS) is 13.4. The Hall–Kier alpha value is -3.20. The Morgan fingerprint density at radius 1 is 1.09 bits per heavy atom. The Balaban J connectivity index is 1.66. The standard InChI is InChI=1S/C23H29N5O3S/c1-3-26(4-2)19-11-9-18(10-12-19)24-23(32)25-22(29)17-8-13-20(21(16-17)28(30)31)27-14-6-5-7-15-27/h8-13,16H,3-7,14-15H2,1-2H3,(H2,24,25,29,32). The molecule has 32 heavy (non-hydrogen) atoms. The number of nitrogens with zero attached hydrogens (tertiary/aromatic N) is 3. The van der Waals surface area contributed by atoms with Crippen LogP contribution >= 0.6 is 12.2 Å². The number of piperidine rings is 1. The van der Waals surface area contributed by atoms with E-state index in [1.165, 1.54) is 6.07 Å². The van der Waals surface area contributed by atoms with Crippen molar-refractivity contribution in [3.05, 3.63) is 58.1 Å². The molecule has 0 bridgehead atoms. The Kier molecular flexibility index (Phi) is 7.99. The molecule has 2 aromatic carbocycles. The molecule has 1 fully saturated rings. The Labute approximate surface area is 193 Å². The summed E-state index contributed by atoms with van der Waals surface area (Å²) in [5.41, 5.74) is 2.54. The molecule has 9 heteroatoms. The number of amides is 1. The van der Waals surface area contributed by atoms with Crippen LogP contribution in [0.3, 0.4) is 0 Å². The van der Waals surface area contributed by atoms with Crippen molar-refractivity contribution in [2.75, 3.05) is 41.3 Å². The molecule has 0 spiro atoms. The van der Waals surface area contributed by atoms with Crippen molar-refractivity contribution in [1.82, 2.24) is 5.32 Å². The molecule has 0 radical (unpaired) electrons.